The normalized spacial score (nSPS) is 12.8. The quantitative estimate of drug-likeness (QED) is 0.823. The van der Waals surface area contributed by atoms with Crippen LogP contribution in [0.15, 0.2) is 36.7 Å². The van der Waals surface area contributed by atoms with Crippen LogP contribution in [-0.2, 0) is 13.1 Å². The fourth-order valence-electron chi connectivity index (χ4n) is 2.48. The summed E-state index contributed by atoms with van der Waals surface area (Å²) in [4.78, 5) is 4.44. The number of hydrogen-bond donors (Lipinski definition) is 1. The molecule has 0 bridgehead atoms. The van der Waals surface area contributed by atoms with Crippen molar-refractivity contribution in [2.45, 2.75) is 59.2 Å². The molecule has 0 spiro atoms. The van der Waals surface area contributed by atoms with Gasteiger partial charge in [0.05, 0.1) is 6.54 Å². The molecule has 0 saturated heterocycles. The van der Waals surface area contributed by atoms with Crippen molar-refractivity contribution >= 4 is 0 Å². The second-order valence-electron chi connectivity index (χ2n) is 5.96. The van der Waals surface area contributed by atoms with Crippen LogP contribution >= 0.6 is 0 Å². The van der Waals surface area contributed by atoms with Gasteiger partial charge in [-0.25, -0.2) is 4.98 Å². The van der Waals surface area contributed by atoms with E-state index in [2.05, 4.69) is 73.0 Å². The van der Waals surface area contributed by atoms with Crippen molar-refractivity contribution < 1.29 is 0 Å². The molecule has 0 fully saturated rings. The highest BCUT2D eigenvalue weighted by atomic mass is 15.1. The van der Waals surface area contributed by atoms with E-state index in [1.165, 1.54) is 11.1 Å². The van der Waals surface area contributed by atoms with Gasteiger partial charge in [0.15, 0.2) is 0 Å². The molecule has 2 aromatic rings. The van der Waals surface area contributed by atoms with Crippen LogP contribution in [0.4, 0.5) is 0 Å². The maximum Gasteiger partial charge on any atom is 0.122 e. The lowest BCUT2D eigenvalue weighted by molar-refractivity contribution is 0.532. The molecule has 0 aliphatic rings. The van der Waals surface area contributed by atoms with E-state index in [4.69, 9.17) is 0 Å². The molecule has 1 heterocycles. The Balaban J connectivity index is 1.94. The van der Waals surface area contributed by atoms with E-state index in [1.807, 2.05) is 6.20 Å². The minimum atomic E-state index is 0.331. The van der Waals surface area contributed by atoms with E-state index in [-0.39, 0.29) is 0 Å². The molecule has 3 nitrogen and oxygen atoms in total. The van der Waals surface area contributed by atoms with E-state index < -0.39 is 0 Å². The van der Waals surface area contributed by atoms with Crippen molar-refractivity contribution in [1.82, 2.24) is 14.9 Å². The highest BCUT2D eigenvalue weighted by molar-refractivity contribution is 5.26. The fourth-order valence-corrected chi connectivity index (χ4v) is 2.48. The lowest BCUT2D eigenvalue weighted by Crippen LogP contribution is -2.20. The summed E-state index contributed by atoms with van der Waals surface area (Å²) in [5.41, 5.74) is 2.72. The number of imidazole rings is 1. The predicted octanol–water partition coefficient (Wildman–Crippen LogP) is 4.27. The third-order valence-corrected chi connectivity index (χ3v) is 3.94. The first-order valence-electron chi connectivity index (χ1n) is 7.95. The van der Waals surface area contributed by atoms with E-state index in [1.54, 1.807) is 0 Å². The molecule has 0 saturated carbocycles. The minimum absolute atomic E-state index is 0.331. The van der Waals surface area contributed by atoms with Gasteiger partial charge in [-0.2, -0.15) is 0 Å². The van der Waals surface area contributed by atoms with Crippen LogP contribution < -0.4 is 5.32 Å². The van der Waals surface area contributed by atoms with Gasteiger partial charge in [0.1, 0.15) is 5.82 Å². The molecule has 21 heavy (non-hydrogen) atoms. The third-order valence-electron chi connectivity index (χ3n) is 3.94. The average molecular weight is 285 g/mol. The Labute approximate surface area is 128 Å². The Hall–Kier alpha value is -1.61. The molecule has 0 aliphatic carbocycles. The van der Waals surface area contributed by atoms with Gasteiger partial charge in [-0.05, 0) is 30.4 Å². The second kappa shape index (κ2) is 7.41. The monoisotopic (exact) mass is 285 g/mol. The van der Waals surface area contributed by atoms with Gasteiger partial charge in [0.25, 0.3) is 0 Å². The molecule has 0 radical (unpaired) electrons. The van der Waals surface area contributed by atoms with Crippen LogP contribution in [-0.4, -0.2) is 9.55 Å². The first-order valence-corrected chi connectivity index (χ1v) is 7.95. The van der Waals surface area contributed by atoms with Gasteiger partial charge in [0.2, 0.25) is 0 Å². The molecule has 0 aliphatic heterocycles. The number of rotatable bonds is 7. The molecule has 2 rings (SSSR count). The zero-order valence-electron chi connectivity index (χ0n) is 13.6. The van der Waals surface area contributed by atoms with Crippen LogP contribution in [0.5, 0.6) is 0 Å². The molecular formula is C18H27N3. The predicted molar refractivity (Wildman–Crippen MR) is 88.3 cm³/mol. The van der Waals surface area contributed by atoms with Gasteiger partial charge in [-0.15, -0.1) is 0 Å². The Bertz CT molecular complexity index is 540. The molecule has 0 amide bonds. The van der Waals surface area contributed by atoms with Crippen molar-refractivity contribution in [2.75, 3.05) is 0 Å². The maximum absolute atomic E-state index is 4.44. The second-order valence-corrected chi connectivity index (χ2v) is 5.96. The fraction of sp³-hybridized carbons (Fsp3) is 0.500. The summed E-state index contributed by atoms with van der Waals surface area (Å²) >= 11 is 0. The van der Waals surface area contributed by atoms with Crippen molar-refractivity contribution in [2.24, 2.45) is 0 Å². The highest BCUT2D eigenvalue weighted by Gasteiger charge is 2.08. The smallest absolute Gasteiger partial charge is 0.122 e. The van der Waals surface area contributed by atoms with Crippen molar-refractivity contribution in [3.8, 4) is 0 Å². The molecular weight excluding hydrogens is 258 g/mol. The summed E-state index contributed by atoms with van der Waals surface area (Å²) in [5.74, 6) is 1.70. The first-order chi connectivity index (χ1) is 10.1. The van der Waals surface area contributed by atoms with Crippen molar-refractivity contribution in [3.05, 3.63) is 53.6 Å². The number of aromatic nitrogens is 2. The van der Waals surface area contributed by atoms with Gasteiger partial charge in [0, 0.05) is 25.0 Å². The first kappa shape index (κ1) is 15.8. The van der Waals surface area contributed by atoms with Crippen LogP contribution in [0.1, 0.15) is 63.0 Å². The molecule has 114 valence electrons. The van der Waals surface area contributed by atoms with Gasteiger partial charge in [-0.1, -0.05) is 45.0 Å². The lowest BCUT2D eigenvalue weighted by atomic mass is 9.99. The molecule has 1 N–H and O–H groups in total. The number of nitrogens with one attached hydrogen (secondary N) is 1. The number of aryl methyl sites for hydroxylation is 1. The van der Waals surface area contributed by atoms with E-state index in [0.717, 1.165) is 25.3 Å². The Morgan fingerprint density at radius 2 is 1.76 bits per heavy atom. The molecule has 1 aromatic carbocycles. The SMILES string of the molecule is CCCn1ccnc1CNC(C)c1ccc(C(C)C)cc1. The van der Waals surface area contributed by atoms with E-state index in [9.17, 15) is 0 Å². The van der Waals surface area contributed by atoms with Crippen molar-refractivity contribution in [3.63, 3.8) is 0 Å². The Morgan fingerprint density at radius 3 is 2.38 bits per heavy atom. The zero-order chi connectivity index (χ0) is 15.2. The number of benzene rings is 1. The van der Waals surface area contributed by atoms with Crippen LogP contribution in [0.3, 0.4) is 0 Å². The lowest BCUT2D eigenvalue weighted by Gasteiger charge is -2.16. The minimum Gasteiger partial charge on any atom is -0.334 e. The Kier molecular flexibility index (Phi) is 5.57. The summed E-state index contributed by atoms with van der Waals surface area (Å²) in [6, 6.07) is 9.25. The van der Waals surface area contributed by atoms with Crippen LogP contribution in [0, 0.1) is 0 Å². The zero-order valence-corrected chi connectivity index (χ0v) is 13.6. The highest BCUT2D eigenvalue weighted by Crippen LogP contribution is 2.18. The Morgan fingerprint density at radius 1 is 1.10 bits per heavy atom. The van der Waals surface area contributed by atoms with Crippen LogP contribution in [0.2, 0.25) is 0 Å². The third kappa shape index (κ3) is 4.18. The molecule has 1 aromatic heterocycles. The summed E-state index contributed by atoms with van der Waals surface area (Å²) in [6.07, 6.45) is 5.08. The van der Waals surface area contributed by atoms with Crippen molar-refractivity contribution in [1.29, 1.82) is 0 Å². The number of hydrogen-bond acceptors (Lipinski definition) is 2. The van der Waals surface area contributed by atoms with Gasteiger partial charge >= 0.3 is 0 Å². The van der Waals surface area contributed by atoms with E-state index >= 15 is 0 Å². The van der Waals surface area contributed by atoms with Gasteiger partial charge < -0.3 is 9.88 Å². The molecule has 1 atom stereocenters. The number of nitrogens with zero attached hydrogens (tertiary/aromatic N) is 2. The van der Waals surface area contributed by atoms with Crippen LogP contribution in [0.25, 0.3) is 0 Å². The molecule has 3 heteroatoms. The topological polar surface area (TPSA) is 29.9 Å². The largest absolute Gasteiger partial charge is 0.334 e. The van der Waals surface area contributed by atoms with Gasteiger partial charge in [-0.3, -0.25) is 0 Å². The summed E-state index contributed by atoms with van der Waals surface area (Å²) in [5, 5.41) is 3.57. The maximum atomic E-state index is 4.44. The summed E-state index contributed by atoms with van der Waals surface area (Å²) in [6.45, 7) is 10.7. The van der Waals surface area contributed by atoms with E-state index in [0.29, 0.717) is 12.0 Å². The standard InChI is InChI=1S/C18H27N3/c1-5-11-21-12-10-19-18(21)13-20-15(4)17-8-6-16(7-9-17)14(2)3/h6-10,12,14-15,20H,5,11,13H2,1-4H3. The summed E-state index contributed by atoms with van der Waals surface area (Å²) < 4.78 is 2.22. The molecule has 1 unspecified atom stereocenters. The average Bonchev–Trinajstić information content (AvgIpc) is 2.92. The summed E-state index contributed by atoms with van der Waals surface area (Å²) in [7, 11) is 0.